The second kappa shape index (κ2) is 6.83. The van der Waals surface area contributed by atoms with Crippen LogP contribution in [0.2, 0.25) is 0 Å². The SMILES string of the molecule is CC(N)CCC(=O)NCC1CN(C)CCO1. The molecule has 16 heavy (non-hydrogen) atoms. The Morgan fingerprint density at radius 2 is 2.44 bits per heavy atom. The minimum Gasteiger partial charge on any atom is -0.374 e. The number of hydrogen-bond acceptors (Lipinski definition) is 4. The second-order valence-corrected chi connectivity index (χ2v) is 4.58. The third-order valence-corrected chi connectivity index (χ3v) is 2.70. The first-order chi connectivity index (χ1) is 7.58. The Hall–Kier alpha value is -0.650. The summed E-state index contributed by atoms with van der Waals surface area (Å²) in [5, 5.41) is 2.88. The van der Waals surface area contributed by atoms with Gasteiger partial charge < -0.3 is 20.7 Å². The molecular weight excluding hydrogens is 206 g/mol. The molecule has 1 aliphatic heterocycles. The molecule has 2 unspecified atom stereocenters. The molecule has 0 radical (unpaired) electrons. The van der Waals surface area contributed by atoms with E-state index in [1.165, 1.54) is 0 Å². The lowest BCUT2D eigenvalue weighted by Crippen LogP contribution is -2.46. The molecule has 1 saturated heterocycles. The highest BCUT2D eigenvalue weighted by Gasteiger charge is 2.17. The molecule has 0 saturated carbocycles. The van der Waals surface area contributed by atoms with Crippen molar-refractivity contribution in [3.63, 3.8) is 0 Å². The van der Waals surface area contributed by atoms with E-state index in [1.807, 2.05) is 6.92 Å². The van der Waals surface area contributed by atoms with Gasteiger partial charge in [0.2, 0.25) is 5.91 Å². The van der Waals surface area contributed by atoms with E-state index in [1.54, 1.807) is 0 Å². The van der Waals surface area contributed by atoms with Gasteiger partial charge in [-0.1, -0.05) is 0 Å². The number of likely N-dealkylation sites (N-methyl/N-ethyl adjacent to an activating group) is 1. The summed E-state index contributed by atoms with van der Waals surface area (Å²) in [4.78, 5) is 13.6. The van der Waals surface area contributed by atoms with Crippen molar-refractivity contribution >= 4 is 5.91 Å². The standard InChI is InChI=1S/C11H23N3O2/c1-9(12)3-4-11(15)13-7-10-8-14(2)5-6-16-10/h9-10H,3-8,12H2,1-2H3,(H,13,15). The van der Waals surface area contributed by atoms with Crippen molar-refractivity contribution in [1.82, 2.24) is 10.2 Å². The number of nitrogens with two attached hydrogens (primary N) is 1. The number of carbonyl (C=O) groups excluding carboxylic acids is 1. The topological polar surface area (TPSA) is 67.6 Å². The van der Waals surface area contributed by atoms with E-state index in [4.69, 9.17) is 10.5 Å². The first-order valence-corrected chi connectivity index (χ1v) is 5.90. The van der Waals surface area contributed by atoms with Crippen LogP contribution in [0, 0.1) is 0 Å². The molecule has 1 aliphatic rings. The van der Waals surface area contributed by atoms with Crippen LogP contribution in [0.5, 0.6) is 0 Å². The van der Waals surface area contributed by atoms with Crippen molar-refractivity contribution in [2.75, 3.05) is 33.3 Å². The number of carbonyl (C=O) groups is 1. The molecule has 0 aromatic heterocycles. The molecule has 5 heteroatoms. The van der Waals surface area contributed by atoms with E-state index in [0.717, 1.165) is 26.1 Å². The van der Waals surface area contributed by atoms with Gasteiger partial charge in [0.25, 0.3) is 0 Å². The third-order valence-electron chi connectivity index (χ3n) is 2.70. The van der Waals surface area contributed by atoms with Crippen LogP contribution in [-0.4, -0.2) is 56.2 Å². The predicted molar refractivity (Wildman–Crippen MR) is 63.1 cm³/mol. The van der Waals surface area contributed by atoms with Crippen molar-refractivity contribution in [3.05, 3.63) is 0 Å². The highest BCUT2D eigenvalue weighted by Crippen LogP contribution is 2.02. The van der Waals surface area contributed by atoms with Crippen LogP contribution < -0.4 is 11.1 Å². The predicted octanol–water partition coefficient (Wildman–Crippen LogP) is -0.439. The van der Waals surface area contributed by atoms with Gasteiger partial charge in [0.1, 0.15) is 0 Å². The van der Waals surface area contributed by atoms with Gasteiger partial charge in [-0.2, -0.15) is 0 Å². The van der Waals surface area contributed by atoms with Crippen LogP contribution in [-0.2, 0) is 9.53 Å². The van der Waals surface area contributed by atoms with Crippen molar-refractivity contribution in [3.8, 4) is 0 Å². The van der Waals surface area contributed by atoms with Gasteiger partial charge in [-0.15, -0.1) is 0 Å². The van der Waals surface area contributed by atoms with Crippen LogP contribution in [0.3, 0.4) is 0 Å². The van der Waals surface area contributed by atoms with E-state index in [-0.39, 0.29) is 18.1 Å². The summed E-state index contributed by atoms with van der Waals surface area (Å²) in [6.07, 6.45) is 1.36. The highest BCUT2D eigenvalue weighted by atomic mass is 16.5. The van der Waals surface area contributed by atoms with Gasteiger partial charge in [0.05, 0.1) is 12.7 Å². The summed E-state index contributed by atoms with van der Waals surface area (Å²) in [7, 11) is 2.06. The average Bonchev–Trinajstić information content (AvgIpc) is 2.23. The summed E-state index contributed by atoms with van der Waals surface area (Å²) in [5.41, 5.74) is 5.59. The molecule has 0 aromatic carbocycles. The summed E-state index contributed by atoms with van der Waals surface area (Å²) < 4.78 is 5.54. The maximum atomic E-state index is 11.4. The Bertz CT molecular complexity index is 221. The Morgan fingerprint density at radius 3 is 3.06 bits per heavy atom. The monoisotopic (exact) mass is 229 g/mol. The summed E-state index contributed by atoms with van der Waals surface area (Å²) in [6.45, 7) is 5.11. The van der Waals surface area contributed by atoms with Gasteiger partial charge in [-0.25, -0.2) is 0 Å². The fourth-order valence-electron chi connectivity index (χ4n) is 1.67. The maximum absolute atomic E-state index is 11.4. The molecular formula is C11H23N3O2. The van der Waals surface area contributed by atoms with E-state index in [9.17, 15) is 4.79 Å². The number of rotatable bonds is 5. The van der Waals surface area contributed by atoms with E-state index in [2.05, 4.69) is 17.3 Å². The third kappa shape index (κ3) is 5.44. The van der Waals surface area contributed by atoms with Crippen molar-refractivity contribution in [2.45, 2.75) is 31.9 Å². The first-order valence-electron chi connectivity index (χ1n) is 5.90. The normalized spacial score (nSPS) is 24.1. The highest BCUT2D eigenvalue weighted by molar-refractivity contribution is 5.75. The van der Waals surface area contributed by atoms with E-state index >= 15 is 0 Å². The van der Waals surface area contributed by atoms with E-state index < -0.39 is 0 Å². The van der Waals surface area contributed by atoms with Crippen molar-refractivity contribution in [2.24, 2.45) is 5.73 Å². The van der Waals surface area contributed by atoms with E-state index in [0.29, 0.717) is 13.0 Å². The molecule has 1 amide bonds. The fourth-order valence-corrected chi connectivity index (χ4v) is 1.67. The lowest BCUT2D eigenvalue weighted by molar-refractivity contribution is -0.122. The number of morpholine rings is 1. The number of amides is 1. The molecule has 2 atom stereocenters. The van der Waals surface area contributed by atoms with Crippen LogP contribution >= 0.6 is 0 Å². The fraction of sp³-hybridized carbons (Fsp3) is 0.909. The number of nitrogens with one attached hydrogen (secondary N) is 1. The molecule has 94 valence electrons. The minimum absolute atomic E-state index is 0.0640. The number of hydrogen-bond donors (Lipinski definition) is 2. The maximum Gasteiger partial charge on any atom is 0.220 e. The van der Waals surface area contributed by atoms with Gasteiger partial charge in [-0.05, 0) is 20.4 Å². The van der Waals surface area contributed by atoms with Gasteiger partial charge in [0, 0.05) is 32.1 Å². The molecule has 5 nitrogen and oxygen atoms in total. The Morgan fingerprint density at radius 1 is 1.69 bits per heavy atom. The number of nitrogens with zero attached hydrogens (tertiary/aromatic N) is 1. The second-order valence-electron chi connectivity index (χ2n) is 4.58. The molecule has 1 heterocycles. The largest absolute Gasteiger partial charge is 0.374 e. The molecule has 0 aromatic rings. The summed E-state index contributed by atoms with van der Waals surface area (Å²) in [6, 6.07) is 0.0859. The van der Waals surface area contributed by atoms with Crippen LogP contribution in [0.25, 0.3) is 0 Å². The lowest BCUT2D eigenvalue weighted by Gasteiger charge is -2.30. The van der Waals surface area contributed by atoms with Crippen LogP contribution in [0.1, 0.15) is 19.8 Å². The molecule has 0 spiro atoms. The zero-order valence-corrected chi connectivity index (χ0v) is 10.2. The first kappa shape index (κ1) is 13.4. The zero-order valence-electron chi connectivity index (χ0n) is 10.2. The number of ether oxygens (including phenoxy) is 1. The summed E-state index contributed by atoms with van der Waals surface area (Å²) >= 11 is 0. The molecule has 1 fully saturated rings. The molecule has 0 aliphatic carbocycles. The average molecular weight is 229 g/mol. The van der Waals surface area contributed by atoms with Gasteiger partial charge in [0.15, 0.2) is 0 Å². The van der Waals surface area contributed by atoms with Crippen molar-refractivity contribution < 1.29 is 9.53 Å². The van der Waals surface area contributed by atoms with Crippen LogP contribution in [0.15, 0.2) is 0 Å². The van der Waals surface area contributed by atoms with Gasteiger partial charge >= 0.3 is 0 Å². The lowest BCUT2D eigenvalue weighted by atomic mass is 10.2. The smallest absolute Gasteiger partial charge is 0.220 e. The van der Waals surface area contributed by atoms with Gasteiger partial charge in [-0.3, -0.25) is 4.79 Å². The quantitative estimate of drug-likeness (QED) is 0.671. The van der Waals surface area contributed by atoms with Crippen molar-refractivity contribution in [1.29, 1.82) is 0 Å². The zero-order chi connectivity index (χ0) is 12.0. The Balaban J connectivity index is 2.11. The minimum atomic E-state index is 0.0640. The summed E-state index contributed by atoms with van der Waals surface area (Å²) in [5.74, 6) is 0.0640. The van der Waals surface area contributed by atoms with Crippen LogP contribution in [0.4, 0.5) is 0 Å². The Labute approximate surface area is 97.3 Å². The molecule has 3 N–H and O–H groups in total. The molecule has 0 bridgehead atoms. The Kier molecular flexibility index (Phi) is 5.73. The molecule has 1 rings (SSSR count).